The second kappa shape index (κ2) is 7.64. The van der Waals surface area contributed by atoms with Gasteiger partial charge in [0.05, 0.1) is 10.9 Å². The second-order valence-electron chi connectivity index (χ2n) is 6.76. The Morgan fingerprint density at radius 2 is 1.62 bits per heavy atom. The normalized spacial score (nSPS) is 10.7. The van der Waals surface area contributed by atoms with Gasteiger partial charge in [-0.3, -0.25) is 4.79 Å². The average molecular weight is 386 g/mol. The number of hydrogen-bond donors (Lipinski definition) is 0. The summed E-state index contributed by atoms with van der Waals surface area (Å²) >= 11 is 0. The third-order valence-electron chi connectivity index (χ3n) is 4.43. The van der Waals surface area contributed by atoms with Crippen LogP contribution in [0.4, 0.5) is 0 Å². The minimum Gasteiger partial charge on any atom is -0.460 e. The molecule has 0 spiro atoms. The van der Waals surface area contributed by atoms with Gasteiger partial charge in [0.1, 0.15) is 23.3 Å². The van der Waals surface area contributed by atoms with Crippen LogP contribution in [0.1, 0.15) is 21.5 Å². The molecule has 144 valence electrons. The van der Waals surface area contributed by atoms with Gasteiger partial charge in [0.25, 0.3) is 0 Å². The molecule has 0 amide bonds. The molecule has 4 aromatic rings. The second-order valence-corrected chi connectivity index (χ2v) is 6.76. The fourth-order valence-electron chi connectivity index (χ4n) is 2.90. The Balaban J connectivity index is 1.59. The summed E-state index contributed by atoms with van der Waals surface area (Å²) in [5, 5.41) is 0.338. The van der Waals surface area contributed by atoms with Crippen LogP contribution in [0.2, 0.25) is 0 Å². The number of carbonyl (C=O) groups excluding carboxylic acids is 1. The van der Waals surface area contributed by atoms with Crippen molar-refractivity contribution in [2.24, 2.45) is 0 Å². The predicted molar refractivity (Wildman–Crippen MR) is 110 cm³/mol. The molecular formula is C24H18O5. The Morgan fingerprint density at radius 3 is 2.38 bits per heavy atom. The summed E-state index contributed by atoms with van der Waals surface area (Å²) in [6.07, 6.45) is 1.26. The Hall–Kier alpha value is -3.86. The van der Waals surface area contributed by atoms with Crippen LogP contribution in [0, 0.1) is 13.8 Å². The van der Waals surface area contributed by atoms with Crippen molar-refractivity contribution in [1.29, 1.82) is 0 Å². The van der Waals surface area contributed by atoms with Crippen LogP contribution < -0.4 is 14.9 Å². The molecule has 0 aliphatic rings. The van der Waals surface area contributed by atoms with Gasteiger partial charge in [-0.25, -0.2) is 4.79 Å². The highest BCUT2D eigenvalue weighted by Gasteiger charge is 2.13. The first kappa shape index (κ1) is 18.5. The number of ether oxygens (including phenoxy) is 2. The SMILES string of the molecule is Cc1ccc(Oc2coc3cc(OC(=O)c4cccc(C)c4)ccc3c2=O)cc1. The molecule has 0 fully saturated rings. The molecule has 0 bridgehead atoms. The first-order chi connectivity index (χ1) is 14.0. The van der Waals surface area contributed by atoms with Crippen molar-refractivity contribution in [1.82, 2.24) is 0 Å². The quantitative estimate of drug-likeness (QED) is 0.346. The molecule has 0 saturated heterocycles. The van der Waals surface area contributed by atoms with Crippen molar-refractivity contribution in [3.63, 3.8) is 0 Å². The van der Waals surface area contributed by atoms with E-state index in [1.165, 1.54) is 12.3 Å². The van der Waals surface area contributed by atoms with Crippen LogP contribution in [-0.4, -0.2) is 5.97 Å². The third-order valence-corrected chi connectivity index (χ3v) is 4.43. The summed E-state index contributed by atoms with van der Waals surface area (Å²) in [5.74, 6) is 0.450. The van der Waals surface area contributed by atoms with Crippen LogP contribution in [0.5, 0.6) is 17.2 Å². The fourth-order valence-corrected chi connectivity index (χ4v) is 2.90. The molecule has 0 radical (unpaired) electrons. The minimum absolute atomic E-state index is 0.0888. The van der Waals surface area contributed by atoms with Crippen LogP contribution in [0.15, 0.2) is 82.2 Å². The van der Waals surface area contributed by atoms with E-state index in [4.69, 9.17) is 13.9 Å². The Morgan fingerprint density at radius 1 is 0.862 bits per heavy atom. The highest BCUT2D eigenvalue weighted by molar-refractivity contribution is 5.91. The van der Waals surface area contributed by atoms with Crippen molar-refractivity contribution in [2.45, 2.75) is 13.8 Å². The maximum absolute atomic E-state index is 12.7. The largest absolute Gasteiger partial charge is 0.460 e. The summed E-state index contributed by atoms with van der Waals surface area (Å²) in [6, 6.07) is 19.1. The standard InChI is InChI=1S/C24H18O5/c1-15-6-8-18(9-7-15)28-22-14-27-21-13-19(10-11-20(21)23(22)25)29-24(26)17-5-3-4-16(2)12-17/h3-14H,1-2H3. The average Bonchev–Trinajstić information content (AvgIpc) is 2.72. The molecule has 4 rings (SSSR count). The maximum Gasteiger partial charge on any atom is 0.343 e. The van der Waals surface area contributed by atoms with Crippen LogP contribution >= 0.6 is 0 Å². The van der Waals surface area contributed by atoms with E-state index in [0.29, 0.717) is 28.0 Å². The van der Waals surface area contributed by atoms with E-state index >= 15 is 0 Å². The lowest BCUT2D eigenvalue weighted by Gasteiger charge is -2.08. The third kappa shape index (κ3) is 4.04. The van der Waals surface area contributed by atoms with Gasteiger partial charge in [0.15, 0.2) is 0 Å². The first-order valence-corrected chi connectivity index (χ1v) is 9.08. The van der Waals surface area contributed by atoms with Gasteiger partial charge in [-0.1, -0.05) is 35.4 Å². The summed E-state index contributed by atoms with van der Waals surface area (Å²) in [5.41, 5.74) is 2.51. The monoisotopic (exact) mass is 386 g/mol. The highest BCUT2D eigenvalue weighted by atomic mass is 16.5. The molecule has 1 aromatic heterocycles. The van der Waals surface area contributed by atoms with Gasteiger partial charge >= 0.3 is 5.97 Å². The highest BCUT2D eigenvalue weighted by Crippen LogP contribution is 2.24. The Bertz CT molecular complexity index is 1250. The van der Waals surface area contributed by atoms with Crippen LogP contribution in [0.25, 0.3) is 11.0 Å². The molecule has 29 heavy (non-hydrogen) atoms. The molecule has 3 aromatic carbocycles. The lowest BCUT2D eigenvalue weighted by Crippen LogP contribution is -2.09. The van der Waals surface area contributed by atoms with Gasteiger partial charge in [-0.2, -0.15) is 0 Å². The van der Waals surface area contributed by atoms with E-state index in [1.807, 2.05) is 32.0 Å². The van der Waals surface area contributed by atoms with Crippen LogP contribution in [0.3, 0.4) is 0 Å². The summed E-state index contributed by atoms with van der Waals surface area (Å²) in [7, 11) is 0. The van der Waals surface area contributed by atoms with E-state index in [9.17, 15) is 9.59 Å². The summed E-state index contributed by atoms with van der Waals surface area (Å²) < 4.78 is 16.6. The lowest BCUT2D eigenvalue weighted by molar-refractivity contribution is 0.0735. The number of rotatable bonds is 4. The molecule has 5 heteroatoms. The Kier molecular flexibility index (Phi) is 4.87. The number of carbonyl (C=O) groups is 1. The van der Waals surface area contributed by atoms with E-state index < -0.39 is 5.97 Å². The zero-order chi connectivity index (χ0) is 20.4. The van der Waals surface area contributed by atoms with E-state index in [2.05, 4.69) is 0 Å². The number of aryl methyl sites for hydroxylation is 2. The van der Waals surface area contributed by atoms with Gasteiger partial charge in [0, 0.05) is 6.07 Å². The van der Waals surface area contributed by atoms with E-state index in [1.54, 1.807) is 42.5 Å². The molecule has 0 atom stereocenters. The van der Waals surface area contributed by atoms with Crippen molar-refractivity contribution >= 4 is 16.9 Å². The smallest absolute Gasteiger partial charge is 0.343 e. The number of benzene rings is 3. The van der Waals surface area contributed by atoms with Crippen molar-refractivity contribution in [3.05, 3.63) is 99.9 Å². The van der Waals surface area contributed by atoms with Crippen LogP contribution in [-0.2, 0) is 0 Å². The molecular weight excluding hydrogens is 368 g/mol. The van der Waals surface area contributed by atoms with Crippen molar-refractivity contribution in [2.75, 3.05) is 0 Å². The molecule has 0 N–H and O–H groups in total. The molecule has 0 aliphatic heterocycles. The van der Waals surface area contributed by atoms with Gasteiger partial charge in [-0.05, 0) is 50.2 Å². The first-order valence-electron chi connectivity index (χ1n) is 9.08. The van der Waals surface area contributed by atoms with Gasteiger partial charge in [0.2, 0.25) is 11.2 Å². The fraction of sp³-hybridized carbons (Fsp3) is 0.0833. The zero-order valence-electron chi connectivity index (χ0n) is 16.0. The predicted octanol–water partition coefficient (Wildman–Crippen LogP) is 5.42. The number of hydrogen-bond acceptors (Lipinski definition) is 5. The summed E-state index contributed by atoms with van der Waals surface area (Å²) in [4.78, 5) is 25.0. The molecule has 0 saturated carbocycles. The molecule has 1 heterocycles. The zero-order valence-corrected chi connectivity index (χ0v) is 16.0. The topological polar surface area (TPSA) is 65.7 Å². The molecule has 0 unspecified atom stereocenters. The lowest BCUT2D eigenvalue weighted by atomic mass is 10.1. The molecule has 5 nitrogen and oxygen atoms in total. The van der Waals surface area contributed by atoms with Gasteiger partial charge in [-0.15, -0.1) is 0 Å². The van der Waals surface area contributed by atoms with E-state index in [-0.39, 0.29) is 11.2 Å². The number of fused-ring (bicyclic) bond motifs is 1. The number of esters is 1. The summed E-state index contributed by atoms with van der Waals surface area (Å²) in [6.45, 7) is 3.87. The van der Waals surface area contributed by atoms with Gasteiger partial charge < -0.3 is 13.9 Å². The maximum atomic E-state index is 12.7. The van der Waals surface area contributed by atoms with Crippen molar-refractivity contribution < 1.29 is 18.7 Å². The molecule has 0 aliphatic carbocycles. The van der Waals surface area contributed by atoms with Crippen molar-refractivity contribution in [3.8, 4) is 17.2 Å². The Labute approximate surface area is 167 Å². The van der Waals surface area contributed by atoms with E-state index in [0.717, 1.165) is 11.1 Å². The minimum atomic E-state index is -0.477.